The van der Waals surface area contributed by atoms with E-state index in [9.17, 15) is 0 Å². The summed E-state index contributed by atoms with van der Waals surface area (Å²) < 4.78 is 0. The fraction of sp³-hybridized carbons (Fsp3) is 0.0882. The van der Waals surface area contributed by atoms with Gasteiger partial charge in [0.2, 0.25) is 0 Å². The van der Waals surface area contributed by atoms with E-state index in [0.29, 0.717) is 5.92 Å². The molecule has 0 aliphatic heterocycles. The first-order chi connectivity index (χ1) is 17.7. The number of thiophene rings is 1. The van der Waals surface area contributed by atoms with Crippen molar-refractivity contribution < 1.29 is 0 Å². The Morgan fingerprint density at radius 2 is 1.14 bits per heavy atom. The van der Waals surface area contributed by atoms with Gasteiger partial charge in [-0.3, -0.25) is 4.98 Å². The molecule has 0 saturated heterocycles. The molecule has 2 heterocycles. The number of hydrogen-bond donors (Lipinski definition) is 0. The standard InChI is InChI=1S/C34H25NS/c1-21(2)22-15-16-24-23(19-22)17-18-35-33(24)32-20-31-29-13-6-5-11-27(29)25-9-3-4-10-26(25)28-12-7-8-14-30(28)34(31)36-32/h3-21H,1-2H3. The normalized spacial score (nSPS) is 11.9. The molecule has 0 saturated carbocycles. The van der Waals surface area contributed by atoms with Crippen LogP contribution in [0.1, 0.15) is 25.3 Å². The van der Waals surface area contributed by atoms with Crippen LogP contribution >= 0.6 is 11.3 Å². The van der Waals surface area contributed by atoms with Gasteiger partial charge in [-0.25, -0.2) is 0 Å². The molecule has 1 aliphatic rings. The zero-order valence-electron chi connectivity index (χ0n) is 20.3. The predicted molar refractivity (Wildman–Crippen MR) is 154 cm³/mol. The third kappa shape index (κ3) is 3.26. The molecule has 0 spiro atoms. The van der Waals surface area contributed by atoms with Crippen LogP contribution in [0.15, 0.2) is 109 Å². The molecule has 0 fully saturated rings. The van der Waals surface area contributed by atoms with Crippen molar-refractivity contribution in [2.45, 2.75) is 19.8 Å². The SMILES string of the molecule is CC(C)c1ccc2c(-c3cc4c(s3)-c3ccccc3-c3ccccc3-c3ccccc3-4)nccc2c1. The summed E-state index contributed by atoms with van der Waals surface area (Å²) in [6.07, 6.45) is 1.96. The second-order valence-corrected chi connectivity index (χ2v) is 10.8. The van der Waals surface area contributed by atoms with Crippen LogP contribution < -0.4 is 0 Å². The second-order valence-electron chi connectivity index (χ2n) is 9.79. The number of benzene rings is 4. The van der Waals surface area contributed by atoms with E-state index in [1.54, 1.807) is 0 Å². The van der Waals surface area contributed by atoms with Crippen LogP contribution in [0.3, 0.4) is 0 Å². The van der Waals surface area contributed by atoms with Crippen molar-refractivity contribution >= 4 is 22.1 Å². The molecule has 1 aliphatic carbocycles. The minimum atomic E-state index is 0.502. The van der Waals surface area contributed by atoms with Crippen LogP contribution in [0, 0.1) is 0 Å². The minimum Gasteiger partial charge on any atom is -0.255 e. The maximum atomic E-state index is 4.90. The van der Waals surface area contributed by atoms with Gasteiger partial charge in [-0.15, -0.1) is 11.3 Å². The van der Waals surface area contributed by atoms with E-state index in [4.69, 9.17) is 4.98 Å². The summed E-state index contributed by atoms with van der Waals surface area (Å²) in [6.45, 7) is 4.49. The quantitative estimate of drug-likeness (QED) is 0.240. The first-order valence-corrected chi connectivity index (χ1v) is 13.3. The monoisotopic (exact) mass is 479 g/mol. The van der Waals surface area contributed by atoms with E-state index in [1.165, 1.54) is 65.0 Å². The Morgan fingerprint density at radius 3 is 1.75 bits per heavy atom. The topological polar surface area (TPSA) is 12.9 Å². The maximum Gasteiger partial charge on any atom is 0.0880 e. The Hall–Kier alpha value is -4.01. The molecule has 1 nitrogen and oxygen atoms in total. The molecular formula is C34H25NS. The lowest BCUT2D eigenvalue weighted by Gasteiger charge is -2.20. The highest BCUT2D eigenvalue weighted by Gasteiger charge is 2.24. The van der Waals surface area contributed by atoms with Gasteiger partial charge in [0, 0.05) is 27.6 Å². The minimum absolute atomic E-state index is 0.502. The van der Waals surface area contributed by atoms with Crippen molar-refractivity contribution in [3.05, 3.63) is 115 Å². The number of fused-ring (bicyclic) bond motifs is 9. The summed E-state index contributed by atoms with van der Waals surface area (Å²) >= 11 is 1.85. The zero-order valence-corrected chi connectivity index (χ0v) is 21.1. The highest BCUT2D eigenvalue weighted by Crippen LogP contribution is 2.52. The molecule has 0 atom stereocenters. The Labute approximate surface area is 215 Å². The predicted octanol–water partition coefficient (Wildman–Crippen LogP) is 10.1. The lowest BCUT2D eigenvalue weighted by molar-refractivity contribution is 0.869. The molecule has 172 valence electrons. The van der Waals surface area contributed by atoms with Crippen molar-refractivity contribution in [2.24, 2.45) is 0 Å². The maximum absolute atomic E-state index is 4.90. The van der Waals surface area contributed by atoms with Gasteiger partial charge in [0.1, 0.15) is 0 Å². The molecular weight excluding hydrogens is 454 g/mol. The van der Waals surface area contributed by atoms with Gasteiger partial charge in [-0.05, 0) is 56.8 Å². The first kappa shape index (κ1) is 21.3. The van der Waals surface area contributed by atoms with Gasteiger partial charge in [0.25, 0.3) is 0 Å². The molecule has 2 heteroatoms. The first-order valence-electron chi connectivity index (χ1n) is 12.5. The van der Waals surface area contributed by atoms with Crippen molar-refractivity contribution in [1.29, 1.82) is 0 Å². The Bertz CT molecular complexity index is 1690. The van der Waals surface area contributed by atoms with E-state index in [0.717, 1.165) is 5.69 Å². The van der Waals surface area contributed by atoms with Crippen LogP contribution in [0.5, 0.6) is 0 Å². The summed E-state index contributed by atoms with van der Waals surface area (Å²) in [7, 11) is 0. The van der Waals surface area contributed by atoms with Gasteiger partial charge < -0.3 is 0 Å². The number of aromatic nitrogens is 1. The molecule has 7 rings (SSSR count). The number of nitrogens with zero attached hydrogens (tertiary/aromatic N) is 1. The van der Waals surface area contributed by atoms with Crippen molar-refractivity contribution in [3.63, 3.8) is 0 Å². The highest BCUT2D eigenvalue weighted by atomic mass is 32.1. The lowest BCUT2D eigenvalue weighted by Crippen LogP contribution is -1.94. The average Bonchev–Trinajstić information content (AvgIpc) is 3.36. The van der Waals surface area contributed by atoms with Crippen molar-refractivity contribution in [1.82, 2.24) is 4.98 Å². The summed E-state index contributed by atoms with van der Waals surface area (Å²) in [6, 6.07) is 37.8. The average molecular weight is 480 g/mol. The number of rotatable bonds is 2. The Balaban J connectivity index is 1.53. The molecule has 6 aromatic rings. The van der Waals surface area contributed by atoms with Crippen molar-refractivity contribution in [3.8, 4) is 54.4 Å². The van der Waals surface area contributed by atoms with Crippen LogP contribution in [-0.2, 0) is 0 Å². The van der Waals surface area contributed by atoms with Crippen LogP contribution in [0.4, 0.5) is 0 Å². The summed E-state index contributed by atoms with van der Waals surface area (Å²) in [5.74, 6) is 0.502. The fourth-order valence-corrected chi connectivity index (χ4v) is 6.70. The molecule has 0 radical (unpaired) electrons. The molecule has 0 N–H and O–H groups in total. The van der Waals surface area contributed by atoms with E-state index in [1.807, 2.05) is 17.5 Å². The van der Waals surface area contributed by atoms with E-state index >= 15 is 0 Å². The molecule has 0 unspecified atom stereocenters. The highest BCUT2D eigenvalue weighted by molar-refractivity contribution is 7.19. The summed E-state index contributed by atoms with van der Waals surface area (Å²) in [5, 5.41) is 2.46. The third-order valence-electron chi connectivity index (χ3n) is 7.32. The lowest BCUT2D eigenvalue weighted by atomic mass is 9.84. The summed E-state index contributed by atoms with van der Waals surface area (Å²) in [4.78, 5) is 7.42. The van der Waals surface area contributed by atoms with Crippen LogP contribution in [-0.4, -0.2) is 4.98 Å². The van der Waals surface area contributed by atoms with Crippen molar-refractivity contribution in [2.75, 3.05) is 0 Å². The zero-order chi connectivity index (χ0) is 24.2. The Kier molecular flexibility index (Phi) is 4.90. The van der Waals surface area contributed by atoms with E-state index < -0.39 is 0 Å². The number of pyridine rings is 1. The molecule has 0 bridgehead atoms. The smallest absolute Gasteiger partial charge is 0.0880 e. The van der Waals surface area contributed by atoms with Gasteiger partial charge in [0.15, 0.2) is 0 Å². The number of hydrogen-bond acceptors (Lipinski definition) is 2. The summed E-state index contributed by atoms with van der Waals surface area (Å²) in [5.41, 5.74) is 11.4. The second kappa shape index (κ2) is 8.29. The van der Waals surface area contributed by atoms with Gasteiger partial charge in [0.05, 0.1) is 10.6 Å². The molecule has 4 aromatic carbocycles. The fourth-order valence-electron chi connectivity index (χ4n) is 5.48. The van der Waals surface area contributed by atoms with Gasteiger partial charge in [-0.2, -0.15) is 0 Å². The molecule has 2 aromatic heterocycles. The van der Waals surface area contributed by atoms with E-state index in [-0.39, 0.29) is 0 Å². The molecule has 36 heavy (non-hydrogen) atoms. The third-order valence-corrected chi connectivity index (χ3v) is 8.49. The van der Waals surface area contributed by atoms with Crippen LogP contribution in [0.2, 0.25) is 0 Å². The molecule has 0 amide bonds. The van der Waals surface area contributed by atoms with Crippen LogP contribution in [0.25, 0.3) is 65.2 Å². The Morgan fingerprint density at radius 1 is 0.583 bits per heavy atom. The largest absolute Gasteiger partial charge is 0.255 e. The van der Waals surface area contributed by atoms with Gasteiger partial charge in [-0.1, -0.05) is 105 Å². The van der Waals surface area contributed by atoms with E-state index in [2.05, 4.69) is 117 Å². The van der Waals surface area contributed by atoms with Gasteiger partial charge >= 0.3 is 0 Å².